The lowest BCUT2D eigenvalue weighted by molar-refractivity contribution is -0.114. The maximum atomic E-state index is 13.3. The van der Waals surface area contributed by atoms with Crippen molar-refractivity contribution in [1.82, 2.24) is 10.3 Å². The summed E-state index contributed by atoms with van der Waals surface area (Å²) in [6.07, 6.45) is 6.04. The fraction of sp³-hybridized carbons (Fsp3) is 0.318. The summed E-state index contributed by atoms with van der Waals surface area (Å²) in [4.78, 5) is 19.5. The van der Waals surface area contributed by atoms with Crippen LogP contribution in [0.25, 0.3) is 0 Å². The topological polar surface area (TPSA) is 144 Å². The fourth-order valence-electron chi connectivity index (χ4n) is 3.66. The first-order valence-electron chi connectivity index (χ1n) is 10.3. The highest BCUT2D eigenvalue weighted by molar-refractivity contribution is 6.30. The van der Waals surface area contributed by atoms with Gasteiger partial charge in [-0.2, -0.15) is 4.39 Å². The van der Waals surface area contributed by atoms with E-state index in [4.69, 9.17) is 28.8 Å². The van der Waals surface area contributed by atoms with Crippen LogP contribution in [0.4, 0.5) is 15.8 Å². The maximum absolute atomic E-state index is 13.3. The number of amides is 1. The van der Waals surface area contributed by atoms with Crippen LogP contribution in [0.1, 0.15) is 25.7 Å². The molecular formula is C22H27ClFN7O. The molecule has 1 aromatic heterocycles. The number of hydrogen-bond donors (Lipinski definition) is 5. The van der Waals surface area contributed by atoms with Crippen LogP contribution in [0.5, 0.6) is 0 Å². The molecule has 0 bridgehead atoms. The van der Waals surface area contributed by atoms with Gasteiger partial charge < -0.3 is 27.8 Å². The molecule has 1 amide bonds. The Kier molecular flexibility index (Phi) is 7.66. The number of carbonyl (C=O) groups excluding carboxylic acids is 1. The number of aliphatic imine (C=N–C) groups is 1. The summed E-state index contributed by atoms with van der Waals surface area (Å²) in [6.45, 7) is 0.371. The zero-order valence-electron chi connectivity index (χ0n) is 17.5. The lowest BCUT2D eigenvalue weighted by Gasteiger charge is -2.40. The SMILES string of the molecule is NCC1(N/C=C(/C(N)=O)C(N)=Nc2ccnc(F)c2)CCC(Nc2ccc(Cl)cc2)CC1. The Balaban J connectivity index is 1.67. The van der Waals surface area contributed by atoms with Gasteiger partial charge in [-0.05, 0) is 56.0 Å². The van der Waals surface area contributed by atoms with Gasteiger partial charge in [-0.25, -0.2) is 9.98 Å². The molecule has 1 aliphatic rings. The minimum atomic E-state index is -0.751. The van der Waals surface area contributed by atoms with Gasteiger partial charge in [0.05, 0.1) is 11.3 Å². The second-order valence-corrected chi connectivity index (χ2v) is 8.25. The van der Waals surface area contributed by atoms with Crippen molar-refractivity contribution in [2.45, 2.75) is 37.3 Å². The first kappa shape index (κ1) is 23.5. The summed E-state index contributed by atoms with van der Waals surface area (Å²) >= 11 is 5.94. The number of hydrogen-bond acceptors (Lipinski definition) is 6. The van der Waals surface area contributed by atoms with Crippen molar-refractivity contribution < 1.29 is 9.18 Å². The molecular weight excluding hydrogens is 433 g/mol. The number of amidine groups is 1. The van der Waals surface area contributed by atoms with Gasteiger partial charge in [0.2, 0.25) is 5.95 Å². The summed E-state index contributed by atoms with van der Waals surface area (Å²) in [7, 11) is 0. The van der Waals surface area contributed by atoms with Crippen molar-refractivity contribution >= 4 is 34.7 Å². The molecule has 10 heteroatoms. The number of aromatic nitrogens is 1. The van der Waals surface area contributed by atoms with Gasteiger partial charge in [-0.3, -0.25) is 4.79 Å². The Morgan fingerprint density at radius 2 is 1.94 bits per heavy atom. The van der Waals surface area contributed by atoms with Crippen LogP contribution >= 0.6 is 11.6 Å². The molecule has 0 unspecified atom stereocenters. The Bertz CT molecular complexity index is 1000. The molecule has 1 heterocycles. The van der Waals surface area contributed by atoms with Gasteiger partial charge in [0.1, 0.15) is 5.84 Å². The fourth-order valence-corrected chi connectivity index (χ4v) is 3.79. The van der Waals surface area contributed by atoms with Crippen molar-refractivity contribution in [1.29, 1.82) is 0 Å². The van der Waals surface area contributed by atoms with Crippen molar-refractivity contribution in [3.05, 3.63) is 65.3 Å². The van der Waals surface area contributed by atoms with Gasteiger partial charge in [-0.1, -0.05) is 11.6 Å². The average molecular weight is 460 g/mol. The molecule has 8 nitrogen and oxygen atoms in total. The number of primary amides is 1. The lowest BCUT2D eigenvalue weighted by atomic mass is 9.79. The van der Waals surface area contributed by atoms with Crippen molar-refractivity contribution in [3.63, 3.8) is 0 Å². The van der Waals surface area contributed by atoms with E-state index in [-0.39, 0.29) is 17.1 Å². The number of nitrogens with one attached hydrogen (secondary N) is 2. The number of anilines is 1. The summed E-state index contributed by atoms with van der Waals surface area (Å²) < 4.78 is 13.3. The summed E-state index contributed by atoms with van der Waals surface area (Å²) in [5.74, 6) is -1.58. The lowest BCUT2D eigenvalue weighted by Crippen LogP contribution is -2.53. The molecule has 170 valence electrons. The summed E-state index contributed by atoms with van der Waals surface area (Å²) in [6, 6.07) is 10.5. The van der Waals surface area contributed by atoms with E-state index in [0.29, 0.717) is 17.6 Å². The predicted molar refractivity (Wildman–Crippen MR) is 125 cm³/mol. The number of halogens is 2. The van der Waals surface area contributed by atoms with Crippen LogP contribution in [0.15, 0.2) is 59.4 Å². The Hall–Kier alpha value is -3.17. The highest BCUT2D eigenvalue weighted by Crippen LogP contribution is 2.30. The monoisotopic (exact) mass is 459 g/mol. The van der Waals surface area contributed by atoms with Crippen LogP contribution in [0.3, 0.4) is 0 Å². The highest BCUT2D eigenvalue weighted by atomic mass is 35.5. The molecule has 32 heavy (non-hydrogen) atoms. The normalized spacial score (nSPS) is 21.8. The van der Waals surface area contributed by atoms with E-state index >= 15 is 0 Å². The van der Waals surface area contributed by atoms with E-state index < -0.39 is 17.4 Å². The van der Waals surface area contributed by atoms with E-state index in [2.05, 4.69) is 20.6 Å². The smallest absolute Gasteiger partial charge is 0.253 e. The number of nitrogens with zero attached hydrogens (tertiary/aromatic N) is 2. The van der Waals surface area contributed by atoms with E-state index in [9.17, 15) is 9.18 Å². The number of nitrogens with two attached hydrogens (primary N) is 3. The van der Waals surface area contributed by atoms with Crippen LogP contribution in [-0.4, -0.2) is 34.9 Å². The van der Waals surface area contributed by atoms with Gasteiger partial charge in [0, 0.05) is 47.3 Å². The maximum Gasteiger partial charge on any atom is 0.253 e. The second-order valence-electron chi connectivity index (χ2n) is 7.81. The van der Waals surface area contributed by atoms with Gasteiger partial charge in [0.25, 0.3) is 5.91 Å². The third-order valence-corrected chi connectivity index (χ3v) is 5.82. The first-order chi connectivity index (χ1) is 15.3. The molecule has 8 N–H and O–H groups in total. The third-order valence-electron chi connectivity index (χ3n) is 5.57. The number of rotatable bonds is 8. The standard InChI is InChI=1S/C22H27ClFN7O/c23-14-1-3-15(4-2-14)30-16-5-8-22(13-25,9-6-16)29-12-18(21(27)32)20(26)31-17-7-10-28-19(24)11-17/h1-4,7,10-12,16,29-30H,5-6,8-9,13,25H2,(H2,27,32)(H2,26,28,31)/b18-12+. The van der Waals surface area contributed by atoms with E-state index in [1.165, 1.54) is 18.5 Å². The Labute approximate surface area is 191 Å². The Morgan fingerprint density at radius 1 is 1.25 bits per heavy atom. The van der Waals surface area contributed by atoms with Crippen LogP contribution in [0.2, 0.25) is 5.02 Å². The molecule has 0 radical (unpaired) electrons. The van der Waals surface area contributed by atoms with Crippen molar-refractivity contribution in [2.75, 3.05) is 11.9 Å². The largest absolute Gasteiger partial charge is 0.383 e. The van der Waals surface area contributed by atoms with Gasteiger partial charge >= 0.3 is 0 Å². The van der Waals surface area contributed by atoms with E-state index in [0.717, 1.165) is 37.4 Å². The highest BCUT2D eigenvalue weighted by Gasteiger charge is 2.33. The summed E-state index contributed by atoms with van der Waals surface area (Å²) in [5, 5.41) is 7.46. The number of carbonyl (C=O) groups is 1. The Morgan fingerprint density at radius 3 is 2.53 bits per heavy atom. The zero-order valence-corrected chi connectivity index (χ0v) is 18.3. The first-order valence-corrected chi connectivity index (χ1v) is 10.6. The molecule has 1 aliphatic carbocycles. The van der Waals surface area contributed by atoms with Gasteiger partial charge in [0.15, 0.2) is 0 Å². The van der Waals surface area contributed by atoms with Gasteiger partial charge in [-0.15, -0.1) is 0 Å². The minimum absolute atomic E-state index is 0.00328. The van der Waals surface area contributed by atoms with E-state index in [1.54, 1.807) is 0 Å². The summed E-state index contributed by atoms with van der Waals surface area (Å²) in [5.41, 5.74) is 18.4. The predicted octanol–water partition coefficient (Wildman–Crippen LogP) is 2.57. The van der Waals surface area contributed by atoms with Crippen LogP contribution < -0.4 is 27.8 Å². The molecule has 3 rings (SSSR count). The molecule has 0 saturated heterocycles. The van der Waals surface area contributed by atoms with Crippen LogP contribution in [-0.2, 0) is 4.79 Å². The molecule has 1 saturated carbocycles. The van der Waals surface area contributed by atoms with E-state index in [1.807, 2.05) is 24.3 Å². The van der Waals surface area contributed by atoms with Crippen molar-refractivity contribution in [2.24, 2.45) is 22.2 Å². The zero-order chi connectivity index (χ0) is 23.1. The second kappa shape index (κ2) is 10.4. The molecule has 0 aliphatic heterocycles. The molecule has 1 aromatic carbocycles. The molecule has 2 aromatic rings. The molecule has 1 fully saturated rings. The quantitative estimate of drug-likeness (QED) is 0.177. The molecule has 0 atom stereocenters. The van der Waals surface area contributed by atoms with Crippen LogP contribution in [0, 0.1) is 5.95 Å². The third kappa shape index (κ3) is 6.18. The number of benzene rings is 1. The molecule has 0 spiro atoms. The number of pyridine rings is 1. The average Bonchev–Trinajstić information content (AvgIpc) is 2.76. The van der Waals surface area contributed by atoms with Crippen molar-refractivity contribution in [3.8, 4) is 0 Å². The minimum Gasteiger partial charge on any atom is -0.383 e.